The number of ether oxygens (including phenoxy) is 1. The van der Waals surface area contributed by atoms with Gasteiger partial charge in [-0.15, -0.1) is 13.2 Å². The number of hydrogen-bond acceptors (Lipinski definition) is 4. The van der Waals surface area contributed by atoms with E-state index in [0.717, 1.165) is 12.3 Å². The van der Waals surface area contributed by atoms with Crippen LogP contribution in [0.4, 0.5) is 13.2 Å². The Labute approximate surface area is 83.7 Å². The predicted octanol–water partition coefficient (Wildman–Crippen LogP) is -1.53. The van der Waals surface area contributed by atoms with E-state index < -0.39 is 18.1 Å². The second-order valence-electron chi connectivity index (χ2n) is 1.71. The average molecular weight is 189 g/mol. The van der Waals surface area contributed by atoms with Crippen LogP contribution in [0.3, 0.4) is 0 Å². The number of rotatable bonds is 1. The molecule has 0 aliphatic rings. The van der Waals surface area contributed by atoms with Crippen molar-refractivity contribution in [2.75, 3.05) is 0 Å². The molecule has 1 heterocycles. The first-order valence-electron chi connectivity index (χ1n) is 2.70. The van der Waals surface area contributed by atoms with Crippen LogP contribution < -0.4 is 18.9 Å². The van der Waals surface area contributed by atoms with E-state index >= 15 is 0 Å². The summed E-state index contributed by atoms with van der Waals surface area (Å²) in [6.07, 6.45) is -3.96. The number of halogens is 3. The summed E-state index contributed by atoms with van der Waals surface area (Å²) in [5.74, 6) is -2.20. The van der Waals surface area contributed by atoms with Crippen molar-refractivity contribution in [3.8, 4) is 0 Å². The monoisotopic (exact) mass is 189 g/mol. The van der Waals surface area contributed by atoms with Crippen molar-refractivity contribution in [2.45, 2.75) is 6.36 Å². The fourth-order valence-electron chi connectivity index (χ4n) is 0.476. The van der Waals surface area contributed by atoms with Crippen LogP contribution in [0.25, 0.3) is 0 Å². The molecule has 68 valence electrons. The molecule has 0 spiro atoms. The van der Waals surface area contributed by atoms with Crippen molar-refractivity contribution in [2.24, 2.45) is 0 Å². The van der Waals surface area contributed by atoms with Crippen molar-refractivity contribution >= 4 is 5.97 Å². The van der Waals surface area contributed by atoms with Gasteiger partial charge in [0.1, 0.15) is 0 Å². The molecule has 0 saturated carbocycles. The first-order valence-corrected chi connectivity index (χ1v) is 2.70. The minimum Gasteiger partial charge on any atom is -1.00 e. The topological polar surface area (TPSA) is 52.3 Å². The van der Waals surface area contributed by atoms with Gasteiger partial charge in [0.05, 0.1) is 6.20 Å². The minimum absolute atomic E-state index is 0. The van der Waals surface area contributed by atoms with Crippen LogP contribution in [0.5, 0.6) is 0 Å². The molecule has 0 amide bonds. The van der Waals surface area contributed by atoms with Crippen LogP contribution in [-0.2, 0) is 4.74 Å². The van der Waals surface area contributed by atoms with E-state index in [1.54, 1.807) is 0 Å². The Kier molecular flexibility index (Phi) is 4.03. The maximum atomic E-state index is 11.4. The smallest absolute Gasteiger partial charge is 1.00 e. The van der Waals surface area contributed by atoms with Gasteiger partial charge in [-0.3, -0.25) is 0 Å². The molecule has 1 aromatic heterocycles. The van der Waals surface area contributed by atoms with Gasteiger partial charge in [0.25, 0.3) is 0 Å². The van der Waals surface area contributed by atoms with Crippen LogP contribution in [0.2, 0.25) is 0 Å². The molecule has 0 radical (unpaired) electrons. The van der Waals surface area contributed by atoms with Crippen LogP contribution in [0.15, 0.2) is 16.8 Å². The molecule has 0 atom stereocenters. The Morgan fingerprint density at radius 3 is 2.62 bits per heavy atom. The van der Waals surface area contributed by atoms with Gasteiger partial charge in [0.2, 0.25) is 5.76 Å². The third-order valence-electron chi connectivity index (χ3n) is 0.847. The molecule has 1 rings (SSSR count). The van der Waals surface area contributed by atoms with Crippen LogP contribution in [0.1, 0.15) is 12.0 Å². The Balaban J connectivity index is 0. The molecule has 13 heavy (non-hydrogen) atoms. The normalized spacial score (nSPS) is 10.4. The van der Waals surface area contributed by atoms with Crippen molar-refractivity contribution in [3.63, 3.8) is 0 Å². The third kappa shape index (κ3) is 4.01. The maximum Gasteiger partial charge on any atom is 1.00 e. The molecule has 8 heteroatoms. The first-order chi connectivity index (χ1) is 5.49. The minimum atomic E-state index is -5.00. The van der Waals surface area contributed by atoms with Gasteiger partial charge in [0, 0.05) is 6.07 Å². The van der Waals surface area contributed by atoms with E-state index in [9.17, 15) is 18.0 Å². The molecule has 4 nitrogen and oxygen atoms in total. The molecule has 0 aliphatic heterocycles. The molecule has 0 N–H and O–H groups in total. The van der Waals surface area contributed by atoms with Gasteiger partial charge in [-0.1, -0.05) is 5.16 Å². The number of nitrogens with zero attached hydrogens (tertiary/aromatic N) is 1. The summed E-state index contributed by atoms with van der Waals surface area (Å²) in [5.41, 5.74) is 0. The van der Waals surface area contributed by atoms with Crippen LogP contribution in [-0.4, -0.2) is 17.5 Å². The zero-order chi connectivity index (χ0) is 9.19. The van der Waals surface area contributed by atoms with Crippen LogP contribution in [0, 0.1) is 0 Å². The average Bonchev–Trinajstić information content (AvgIpc) is 2.32. The number of carbonyl (C=O) groups excluding carboxylic acids is 1. The number of carbonyl (C=O) groups is 1. The van der Waals surface area contributed by atoms with Crippen molar-refractivity contribution in [1.29, 1.82) is 0 Å². The van der Waals surface area contributed by atoms with Crippen molar-refractivity contribution in [1.82, 2.24) is 5.16 Å². The Morgan fingerprint density at radius 2 is 2.23 bits per heavy atom. The number of hydrogen-bond donors (Lipinski definition) is 0. The van der Waals surface area contributed by atoms with Gasteiger partial charge in [-0.05, 0) is 0 Å². The molecule has 0 saturated heterocycles. The first kappa shape index (κ1) is 12.1. The molecular weight excluding hydrogens is 186 g/mol. The van der Waals surface area contributed by atoms with Crippen molar-refractivity contribution < 1.29 is 47.5 Å². The second kappa shape index (κ2) is 4.34. The summed E-state index contributed by atoms with van der Waals surface area (Å²) in [4.78, 5) is 10.4. The Morgan fingerprint density at radius 1 is 1.62 bits per heavy atom. The summed E-state index contributed by atoms with van der Waals surface area (Å²) in [7, 11) is 0. The van der Waals surface area contributed by atoms with E-state index in [1.807, 2.05) is 0 Å². The van der Waals surface area contributed by atoms with E-state index in [2.05, 4.69) is 14.4 Å². The van der Waals surface area contributed by atoms with Gasteiger partial charge < -0.3 is 10.7 Å². The maximum absolute atomic E-state index is 11.4. The zero-order valence-corrected chi connectivity index (χ0v) is 6.46. The summed E-state index contributed by atoms with van der Waals surface area (Å²) in [6.45, 7) is 0. The van der Waals surface area contributed by atoms with E-state index in [0.29, 0.717) is 0 Å². The summed E-state index contributed by atoms with van der Waals surface area (Å²) < 4.78 is 41.3. The molecule has 0 aromatic carbocycles. The van der Waals surface area contributed by atoms with E-state index in [4.69, 9.17) is 0 Å². The fraction of sp³-hybridized carbons (Fsp3) is 0.200. The number of aromatic nitrogens is 1. The quantitative estimate of drug-likeness (QED) is 0.397. The third-order valence-corrected chi connectivity index (χ3v) is 0.847. The molecular formula is C5H3F3LiNO3. The largest absolute Gasteiger partial charge is 1.00 e. The SMILES string of the molecule is O=C(OC(F)(F)F)c1ccno1.[H-].[Li+]. The Bertz CT molecular complexity index is 276. The fourth-order valence-corrected chi connectivity index (χ4v) is 0.476. The van der Waals surface area contributed by atoms with Crippen molar-refractivity contribution in [3.05, 3.63) is 18.0 Å². The molecule has 0 unspecified atom stereocenters. The predicted molar refractivity (Wildman–Crippen MR) is 29.1 cm³/mol. The molecule has 1 aromatic rings. The number of alkyl halides is 3. The summed E-state index contributed by atoms with van der Waals surface area (Å²) in [6, 6.07) is 0.966. The molecule has 0 aliphatic carbocycles. The van der Waals surface area contributed by atoms with Gasteiger partial charge in [-0.25, -0.2) is 4.79 Å². The van der Waals surface area contributed by atoms with Gasteiger partial charge in [0.15, 0.2) is 0 Å². The zero-order valence-electron chi connectivity index (χ0n) is 7.46. The van der Waals surface area contributed by atoms with Gasteiger partial charge >= 0.3 is 31.2 Å². The standard InChI is InChI=1S/C5H2F3NO3.Li.H/c6-5(7,8)11-4(10)3-1-2-9-12-3;;/h1-2H;;/q;+1;-1. The molecule has 0 fully saturated rings. The van der Waals surface area contributed by atoms with E-state index in [-0.39, 0.29) is 20.3 Å². The van der Waals surface area contributed by atoms with E-state index in [1.165, 1.54) is 0 Å². The number of esters is 1. The Hall–Kier alpha value is -0.933. The molecule has 0 bridgehead atoms. The summed E-state index contributed by atoms with van der Waals surface area (Å²) >= 11 is 0. The van der Waals surface area contributed by atoms with Gasteiger partial charge in [-0.2, -0.15) is 0 Å². The summed E-state index contributed by atoms with van der Waals surface area (Å²) in [5, 5.41) is 3.03. The second-order valence-corrected chi connectivity index (χ2v) is 1.71. The van der Waals surface area contributed by atoms with Crippen LogP contribution >= 0.6 is 0 Å².